The van der Waals surface area contributed by atoms with E-state index in [0.29, 0.717) is 19.3 Å². The van der Waals surface area contributed by atoms with Crippen molar-refractivity contribution in [1.29, 1.82) is 0 Å². The molecule has 0 aliphatic rings. The molecule has 0 aliphatic heterocycles. The molecule has 0 unspecified atom stereocenters. The number of hydrogen-bond acceptors (Lipinski definition) is 6. The van der Waals surface area contributed by atoms with E-state index in [-0.39, 0.29) is 31.1 Å². The molecule has 0 bridgehead atoms. The molecule has 0 aliphatic carbocycles. The summed E-state index contributed by atoms with van der Waals surface area (Å²) < 4.78 is 16.7. The number of carbonyl (C=O) groups is 3. The SMILES string of the molecule is CCCCCCCCCCCC(=O)OC[C@@H](COC(=O)CCCCCCCCCCCCCCCCCCCCC(C)C)OC(=O)CCCCCCCCCC(C)C. The lowest BCUT2D eigenvalue weighted by molar-refractivity contribution is -0.167. The smallest absolute Gasteiger partial charge is 0.306 e. The predicted molar refractivity (Wildman–Crippen MR) is 247 cm³/mol. The van der Waals surface area contributed by atoms with E-state index in [0.717, 1.165) is 69.6 Å². The zero-order valence-electron chi connectivity index (χ0n) is 39.7. The van der Waals surface area contributed by atoms with Gasteiger partial charge in [0.2, 0.25) is 0 Å². The van der Waals surface area contributed by atoms with E-state index in [1.165, 1.54) is 173 Å². The standard InChI is InChI=1S/C52H100O6/c1-6-7-8-9-10-21-27-32-37-42-50(53)56-45-49(58-52(55)44-39-34-29-24-26-31-36-41-48(4)5)46-57-51(54)43-38-33-28-23-20-18-16-14-12-11-13-15-17-19-22-25-30-35-40-47(2)3/h47-49H,6-46H2,1-5H3/t49-/m0/s1. The molecule has 0 radical (unpaired) electrons. The lowest BCUT2D eigenvalue weighted by Crippen LogP contribution is -2.30. The van der Waals surface area contributed by atoms with Gasteiger partial charge in [-0.3, -0.25) is 14.4 Å². The zero-order valence-corrected chi connectivity index (χ0v) is 39.7. The summed E-state index contributed by atoms with van der Waals surface area (Å²) in [7, 11) is 0. The van der Waals surface area contributed by atoms with Gasteiger partial charge in [-0.1, -0.05) is 247 Å². The first-order valence-electron chi connectivity index (χ1n) is 25.7. The molecular weight excluding hydrogens is 721 g/mol. The maximum absolute atomic E-state index is 12.7. The maximum Gasteiger partial charge on any atom is 0.306 e. The molecule has 1 atom stereocenters. The van der Waals surface area contributed by atoms with Gasteiger partial charge in [0.25, 0.3) is 0 Å². The van der Waals surface area contributed by atoms with Gasteiger partial charge in [-0.2, -0.15) is 0 Å². The molecule has 0 rings (SSSR count). The Morgan fingerprint density at radius 2 is 0.569 bits per heavy atom. The molecule has 6 nitrogen and oxygen atoms in total. The quantitative estimate of drug-likeness (QED) is 0.0346. The third kappa shape index (κ3) is 45.5. The minimum absolute atomic E-state index is 0.0645. The van der Waals surface area contributed by atoms with E-state index < -0.39 is 6.10 Å². The van der Waals surface area contributed by atoms with Gasteiger partial charge in [0, 0.05) is 19.3 Å². The molecule has 0 heterocycles. The highest BCUT2D eigenvalue weighted by molar-refractivity contribution is 5.71. The molecule has 0 saturated carbocycles. The molecule has 0 aromatic heterocycles. The zero-order chi connectivity index (χ0) is 42.6. The molecule has 6 heteroatoms. The van der Waals surface area contributed by atoms with E-state index in [9.17, 15) is 14.4 Å². The highest BCUT2D eigenvalue weighted by Crippen LogP contribution is 2.17. The molecule has 0 saturated heterocycles. The van der Waals surface area contributed by atoms with Crippen LogP contribution in [0.1, 0.15) is 285 Å². The maximum atomic E-state index is 12.7. The van der Waals surface area contributed by atoms with Crippen molar-refractivity contribution in [3.63, 3.8) is 0 Å². The fourth-order valence-corrected chi connectivity index (χ4v) is 7.81. The second kappa shape index (κ2) is 44.9. The van der Waals surface area contributed by atoms with Crippen molar-refractivity contribution in [2.75, 3.05) is 13.2 Å². The molecule has 344 valence electrons. The van der Waals surface area contributed by atoms with E-state index in [4.69, 9.17) is 14.2 Å². The average Bonchev–Trinajstić information content (AvgIpc) is 3.19. The first-order valence-corrected chi connectivity index (χ1v) is 25.7. The Labute approximate surface area is 361 Å². The Balaban J connectivity index is 4.14. The Morgan fingerprint density at radius 1 is 0.328 bits per heavy atom. The number of hydrogen-bond donors (Lipinski definition) is 0. The van der Waals surface area contributed by atoms with Crippen molar-refractivity contribution >= 4 is 17.9 Å². The van der Waals surface area contributed by atoms with Crippen LogP contribution in [0.25, 0.3) is 0 Å². The molecule has 0 fully saturated rings. The molecule has 0 amide bonds. The Kier molecular flexibility index (Phi) is 43.7. The van der Waals surface area contributed by atoms with Gasteiger partial charge in [0.05, 0.1) is 0 Å². The fourth-order valence-electron chi connectivity index (χ4n) is 7.81. The predicted octanol–water partition coefficient (Wildman–Crippen LogP) is 16.5. The van der Waals surface area contributed by atoms with Crippen LogP contribution >= 0.6 is 0 Å². The van der Waals surface area contributed by atoms with Crippen molar-refractivity contribution in [2.24, 2.45) is 11.8 Å². The van der Waals surface area contributed by atoms with Crippen molar-refractivity contribution in [1.82, 2.24) is 0 Å². The summed E-state index contributed by atoms with van der Waals surface area (Å²) in [5.41, 5.74) is 0. The average molecular weight is 821 g/mol. The van der Waals surface area contributed by atoms with E-state index in [2.05, 4.69) is 34.6 Å². The van der Waals surface area contributed by atoms with Crippen LogP contribution in [0.4, 0.5) is 0 Å². The summed E-state index contributed by atoms with van der Waals surface area (Å²) in [6, 6.07) is 0. The van der Waals surface area contributed by atoms with E-state index in [1.54, 1.807) is 0 Å². The van der Waals surface area contributed by atoms with Crippen LogP contribution in [0.2, 0.25) is 0 Å². The first-order chi connectivity index (χ1) is 28.2. The van der Waals surface area contributed by atoms with Crippen molar-refractivity contribution in [3.05, 3.63) is 0 Å². The number of esters is 3. The number of unbranched alkanes of at least 4 members (excludes halogenated alkanes) is 31. The van der Waals surface area contributed by atoms with Crippen molar-refractivity contribution in [2.45, 2.75) is 291 Å². The monoisotopic (exact) mass is 821 g/mol. The second-order valence-electron chi connectivity index (χ2n) is 18.8. The summed E-state index contributed by atoms with van der Waals surface area (Å²) in [6.07, 6.45) is 45.4. The van der Waals surface area contributed by atoms with Crippen LogP contribution in [0.15, 0.2) is 0 Å². The van der Waals surface area contributed by atoms with Crippen molar-refractivity contribution < 1.29 is 28.6 Å². The van der Waals surface area contributed by atoms with Crippen LogP contribution in [-0.4, -0.2) is 37.2 Å². The molecule has 0 spiro atoms. The van der Waals surface area contributed by atoms with Crippen LogP contribution in [-0.2, 0) is 28.6 Å². The molecule has 0 N–H and O–H groups in total. The topological polar surface area (TPSA) is 78.9 Å². The van der Waals surface area contributed by atoms with Crippen LogP contribution < -0.4 is 0 Å². The first kappa shape index (κ1) is 56.4. The van der Waals surface area contributed by atoms with Gasteiger partial charge in [-0.25, -0.2) is 0 Å². The van der Waals surface area contributed by atoms with Gasteiger partial charge in [0.15, 0.2) is 6.10 Å². The highest BCUT2D eigenvalue weighted by Gasteiger charge is 2.19. The largest absolute Gasteiger partial charge is 0.462 e. The normalized spacial score (nSPS) is 12.1. The van der Waals surface area contributed by atoms with Crippen LogP contribution in [0.3, 0.4) is 0 Å². The van der Waals surface area contributed by atoms with Gasteiger partial charge < -0.3 is 14.2 Å². The van der Waals surface area contributed by atoms with E-state index in [1.807, 2.05) is 0 Å². The second-order valence-corrected chi connectivity index (χ2v) is 18.8. The molecule has 58 heavy (non-hydrogen) atoms. The Morgan fingerprint density at radius 3 is 0.845 bits per heavy atom. The van der Waals surface area contributed by atoms with Gasteiger partial charge >= 0.3 is 17.9 Å². The lowest BCUT2D eigenvalue weighted by atomic mass is 10.0. The minimum Gasteiger partial charge on any atom is -0.462 e. The van der Waals surface area contributed by atoms with Crippen molar-refractivity contribution in [3.8, 4) is 0 Å². The Hall–Kier alpha value is -1.59. The summed E-state index contributed by atoms with van der Waals surface area (Å²) in [5.74, 6) is 0.782. The number of carbonyl (C=O) groups excluding carboxylic acids is 3. The van der Waals surface area contributed by atoms with Crippen LogP contribution in [0.5, 0.6) is 0 Å². The molecular formula is C52H100O6. The van der Waals surface area contributed by atoms with Gasteiger partial charge in [-0.15, -0.1) is 0 Å². The van der Waals surface area contributed by atoms with Gasteiger partial charge in [0.1, 0.15) is 13.2 Å². The minimum atomic E-state index is -0.761. The third-order valence-corrected chi connectivity index (χ3v) is 11.7. The summed E-state index contributed by atoms with van der Waals surface area (Å²) in [4.78, 5) is 37.8. The van der Waals surface area contributed by atoms with Crippen LogP contribution in [0, 0.1) is 11.8 Å². The number of rotatable bonds is 46. The summed E-state index contributed by atoms with van der Waals surface area (Å²) in [6.45, 7) is 11.3. The van der Waals surface area contributed by atoms with Gasteiger partial charge in [-0.05, 0) is 31.1 Å². The molecule has 0 aromatic rings. The Bertz CT molecular complexity index is 885. The molecule has 0 aromatic carbocycles. The van der Waals surface area contributed by atoms with E-state index >= 15 is 0 Å². The summed E-state index contributed by atoms with van der Waals surface area (Å²) in [5, 5.41) is 0. The number of ether oxygens (including phenoxy) is 3. The lowest BCUT2D eigenvalue weighted by Gasteiger charge is -2.18. The third-order valence-electron chi connectivity index (χ3n) is 11.7. The highest BCUT2D eigenvalue weighted by atomic mass is 16.6. The summed E-state index contributed by atoms with van der Waals surface area (Å²) >= 11 is 0. The fraction of sp³-hybridized carbons (Fsp3) is 0.942.